The number of nitrogens with one attached hydrogen (secondary N) is 2. The number of rotatable bonds is 7. The fraction of sp³-hybridized carbons (Fsp3) is 0.478. The number of carboxylic acid groups (broad SMARTS) is 1. The van der Waals surface area contributed by atoms with Crippen molar-refractivity contribution in [3.05, 3.63) is 42.0 Å². The van der Waals surface area contributed by atoms with Crippen molar-refractivity contribution in [2.24, 2.45) is 17.6 Å². The number of carboxylic acids is 1. The first kappa shape index (κ1) is 23.5. The Morgan fingerprint density at radius 1 is 1.22 bits per heavy atom. The highest BCUT2D eigenvalue weighted by atomic mass is 16.4. The molecule has 4 atom stereocenters. The zero-order chi connectivity index (χ0) is 23.7. The van der Waals surface area contributed by atoms with E-state index in [4.69, 9.17) is 5.73 Å². The van der Waals surface area contributed by atoms with Gasteiger partial charge >= 0.3 is 12.0 Å². The van der Waals surface area contributed by atoms with Gasteiger partial charge < -0.3 is 16.2 Å². The van der Waals surface area contributed by atoms with Crippen molar-refractivity contribution in [1.82, 2.24) is 15.5 Å². The van der Waals surface area contributed by atoms with Crippen LogP contribution in [-0.2, 0) is 14.4 Å². The molecular formula is C23H30N4O5. The maximum Gasteiger partial charge on any atom is 0.324 e. The van der Waals surface area contributed by atoms with Crippen molar-refractivity contribution in [2.45, 2.75) is 50.7 Å². The second kappa shape index (κ2) is 8.74. The minimum atomic E-state index is -1.64. The standard InChI is InChI=1S/C23H30N4O5/c1-22(2,3)27-18(28)16-15(11-10-14-8-5-4-6-9-14)26-23(20(30)31,17(16)19(27)29)12-7-13-25-21(24)32/h4-6,8-11,15-17,26H,7,12-13H2,1-3H3,(H,30,31)(H3,24,25,32)/b11-10+. The van der Waals surface area contributed by atoms with Crippen LogP contribution in [-0.4, -0.2) is 57.5 Å². The number of urea groups is 1. The number of amides is 4. The Morgan fingerprint density at radius 2 is 1.88 bits per heavy atom. The second-order valence-electron chi connectivity index (χ2n) is 9.30. The van der Waals surface area contributed by atoms with Crippen molar-refractivity contribution in [1.29, 1.82) is 0 Å². The van der Waals surface area contributed by atoms with Gasteiger partial charge in [-0.1, -0.05) is 42.5 Å². The van der Waals surface area contributed by atoms with Crippen molar-refractivity contribution in [3.8, 4) is 0 Å². The molecule has 32 heavy (non-hydrogen) atoms. The Bertz CT molecular complexity index is 939. The topological polar surface area (TPSA) is 142 Å². The Morgan fingerprint density at radius 3 is 2.44 bits per heavy atom. The molecule has 0 saturated carbocycles. The molecule has 2 aliphatic rings. The molecule has 9 nitrogen and oxygen atoms in total. The third-order valence-corrected chi connectivity index (χ3v) is 6.09. The van der Waals surface area contributed by atoms with Gasteiger partial charge in [-0.05, 0) is 39.2 Å². The van der Waals surface area contributed by atoms with E-state index >= 15 is 0 Å². The summed E-state index contributed by atoms with van der Waals surface area (Å²) in [6, 6.07) is 8.09. The summed E-state index contributed by atoms with van der Waals surface area (Å²) in [6.45, 7) is 5.43. The van der Waals surface area contributed by atoms with Crippen LogP contribution in [0.25, 0.3) is 6.08 Å². The van der Waals surface area contributed by atoms with E-state index in [0.29, 0.717) is 0 Å². The number of imide groups is 1. The number of primary amides is 1. The zero-order valence-electron chi connectivity index (χ0n) is 18.5. The number of carbonyl (C=O) groups excluding carboxylic acids is 3. The molecule has 172 valence electrons. The Balaban J connectivity index is 1.99. The van der Waals surface area contributed by atoms with Crippen LogP contribution >= 0.6 is 0 Å². The molecule has 0 bridgehead atoms. The highest BCUT2D eigenvalue weighted by Gasteiger charge is 2.68. The molecular weight excluding hydrogens is 412 g/mol. The number of carbonyl (C=O) groups is 4. The van der Waals surface area contributed by atoms with Gasteiger partial charge in [-0.2, -0.15) is 0 Å². The van der Waals surface area contributed by atoms with Gasteiger partial charge in [-0.25, -0.2) is 4.79 Å². The maximum atomic E-state index is 13.4. The van der Waals surface area contributed by atoms with Crippen LogP contribution in [0.1, 0.15) is 39.2 Å². The Hall–Kier alpha value is -3.20. The van der Waals surface area contributed by atoms with Crippen LogP contribution in [0.15, 0.2) is 36.4 Å². The number of benzene rings is 1. The molecule has 0 aliphatic carbocycles. The van der Waals surface area contributed by atoms with E-state index < -0.39 is 46.9 Å². The summed E-state index contributed by atoms with van der Waals surface area (Å²) in [5, 5.41) is 15.8. The fourth-order valence-electron chi connectivity index (χ4n) is 4.76. The molecule has 4 amide bonds. The average molecular weight is 443 g/mol. The highest BCUT2D eigenvalue weighted by molar-refractivity contribution is 6.10. The first-order valence-corrected chi connectivity index (χ1v) is 10.6. The lowest BCUT2D eigenvalue weighted by Crippen LogP contribution is -2.58. The first-order chi connectivity index (χ1) is 15.0. The molecule has 2 saturated heterocycles. The lowest BCUT2D eigenvalue weighted by molar-refractivity contribution is -0.153. The molecule has 0 radical (unpaired) electrons. The van der Waals surface area contributed by atoms with Gasteiger partial charge in [0.2, 0.25) is 11.8 Å². The van der Waals surface area contributed by atoms with Crippen LogP contribution in [0.3, 0.4) is 0 Å². The number of hydrogen-bond acceptors (Lipinski definition) is 5. The highest BCUT2D eigenvalue weighted by Crippen LogP contribution is 2.47. The molecule has 5 N–H and O–H groups in total. The predicted molar refractivity (Wildman–Crippen MR) is 118 cm³/mol. The van der Waals surface area contributed by atoms with E-state index in [1.807, 2.05) is 36.4 Å². The lowest BCUT2D eigenvalue weighted by atomic mass is 9.77. The number of nitrogens with two attached hydrogens (primary N) is 1. The fourth-order valence-corrected chi connectivity index (χ4v) is 4.76. The van der Waals surface area contributed by atoms with E-state index in [2.05, 4.69) is 10.6 Å². The second-order valence-corrected chi connectivity index (χ2v) is 9.30. The minimum Gasteiger partial charge on any atom is -0.480 e. The Kier molecular flexibility index (Phi) is 6.41. The monoisotopic (exact) mass is 442 g/mol. The minimum absolute atomic E-state index is 0.0520. The normalized spacial score (nSPS) is 27.7. The molecule has 1 aromatic carbocycles. The zero-order valence-corrected chi connectivity index (χ0v) is 18.5. The Labute approximate surface area is 187 Å². The number of likely N-dealkylation sites (tertiary alicyclic amines) is 1. The summed E-state index contributed by atoms with van der Waals surface area (Å²) in [5.41, 5.74) is 3.58. The largest absolute Gasteiger partial charge is 0.480 e. The predicted octanol–water partition coefficient (Wildman–Crippen LogP) is 1.34. The van der Waals surface area contributed by atoms with E-state index in [-0.39, 0.29) is 25.3 Å². The van der Waals surface area contributed by atoms with Crippen molar-refractivity contribution in [3.63, 3.8) is 0 Å². The summed E-state index contributed by atoms with van der Waals surface area (Å²) in [6.07, 6.45) is 3.91. The van der Waals surface area contributed by atoms with Gasteiger partial charge in [-0.15, -0.1) is 0 Å². The average Bonchev–Trinajstić information content (AvgIpc) is 3.18. The van der Waals surface area contributed by atoms with Crippen molar-refractivity contribution < 1.29 is 24.3 Å². The van der Waals surface area contributed by atoms with Crippen LogP contribution in [0.5, 0.6) is 0 Å². The van der Waals surface area contributed by atoms with Gasteiger partial charge in [0.05, 0.1) is 11.8 Å². The van der Waals surface area contributed by atoms with Gasteiger partial charge in [-0.3, -0.25) is 24.6 Å². The summed E-state index contributed by atoms with van der Waals surface area (Å²) >= 11 is 0. The third kappa shape index (κ3) is 4.25. The summed E-state index contributed by atoms with van der Waals surface area (Å²) in [7, 11) is 0. The number of nitrogens with zero attached hydrogens (tertiary/aromatic N) is 1. The molecule has 2 heterocycles. The van der Waals surface area contributed by atoms with E-state index in [9.17, 15) is 24.3 Å². The maximum absolute atomic E-state index is 13.4. The SMILES string of the molecule is CC(C)(C)N1C(=O)C2C(/C=C/c3ccccc3)NC(CCCNC(N)=O)(C(=O)O)C2C1=O. The van der Waals surface area contributed by atoms with Gasteiger partial charge in [0.1, 0.15) is 5.54 Å². The summed E-state index contributed by atoms with van der Waals surface area (Å²) < 4.78 is 0. The van der Waals surface area contributed by atoms with E-state index in [1.54, 1.807) is 26.8 Å². The molecule has 2 aliphatic heterocycles. The lowest BCUT2D eigenvalue weighted by Gasteiger charge is -2.35. The van der Waals surface area contributed by atoms with Gasteiger partial charge in [0, 0.05) is 18.1 Å². The van der Waals surface area contributed by atoms with Crippen LogP contribution in [0, 0.1) is 11.8 Å². The van der Waals surface area contributed by atoms with Gasteiger partial charge in [0.25, 0.3) is 0 Å². The molecule has 0 aromatic heterocycles. The molecule has 4 unspecified atom stereocenters. The first-order valence-electron chi connectivity index (χ1n) is 10.6. The quantitative estimate of drug-likeness (QED) is 0.371. The third-order valence-electron chi connectivity index (χ3n) is 6.09. The molecule has 0 spiro atoms. The smallest absolute Gasteiger partial charge is 0.324 e. The van der Waals surface area contributed by atoms with Gasteiger partial charge in [0.15, 0.2) is 0 Å². The van der Waals surface area contributed by atoms with Crippen molar-refractivity contribution in [2.75, 3.05) is 6.54 Å². The van der Waals surface area contributed by atoms with E-state index in [0.717, 1.165) is 5.56 Å². The van der Waals surface area contributed by atoms with E-state index in [1.165, 1.54) is 4.90 Å². The van der Waals surface area contributed by atoms with Crippen molar-refractivity contribution >= 4 is 29.9 Å². The van der Waals surface area contributed by atoms with Crippen LogP contribution in [0.2, 0.25) is 0 Å². The van der Waals surface area contributed by atoms with Crippen LogP contribution < -0.4 is 16.4 Å². The molecule has 9 heteroatoms. The summed E-state index contributed by atoms with van der Waals surface area (Å²) in [5.74, 6) is -3.94. The molecule has 2 fully saturated rings. The van der Waals surface area contributed by atoms with Crippen LogP contribution in [0.4, 0.5) is 4.79 Å². The number of fused-ring (bicyclic) bond motifs is 1. The molecule has 3 rings (SSSR count). The summed E-state index contributed by atoms with van der Waals surface area (Å²) in [4.78, 5) is 51.5. The number of hydrogen-bond donors (Lipinski definition) is 4. The molecule has 1 aromatic rings. The number of aliphatic carboxylic acids is 1.